The fourth-order valence-electron chi connectivity index (χ4n) is 2.11. The molecule has 0 bridgehead atoms. The Morgan fingerprint density at radius 2 is 2.11 bits per heavy atom. The van der Waals surface area contributed by atoms with Crippen LogP contribution < -0.4 is 9.64 Å². The molecule has 1 aliphatic rings. The van der Waals surface area contributed by atoms with Crippen LogP contribution in [0.2, 0.25) is 5.28 Å². The van der Waals surface area contributed by atoms with Crippen molar-refractivity contribution in [2.24, 2.45) is 0 Å². The number of ether oxygens (including phenoxy) is 1. The van der Waals surface area contributed by atoms with Crippen molar-refractivity contribution in [3.05, 3.63) is 5.28 Å². The van der Waals surface area contributed by atoms with E-state index in [9.17, 15) is 0 Å². The third-order valence-corrected chi connectivity index (χ3v) is 3.47. The van der Waals surface area contributed by atoms with Gasteiger partial charge >= 0.3 is 6.01 Å². The predicted molar refractivity (Wildman–Crippen MR) is 74.9 cm³/mol. The number of hydrogen-bond donors (Lipinski definition) is 0. The topological polar surface area (TPSA) is 54.4 Å². The lowest BCUT2D eigenvalue weighted by Crippen LogP contribution is -2.40. The van der Waals surface area contributed by atoms with Crippen molar-refractivity contribution in [1.29, 1.82) is 0 Å². The Bertz CT molecular complexity index is 429. The van der Waals surface area contributed by atoms with Gasteiger partial charge in [-0.05, 0) is 38.0 Å². The number of hydrogen-bond acceptors (Lipinski definition) is 6. The van der Waals surface area contributed by atoms with Crippen LogP contribution in [0.25, 0.3) is 0 Å². The van der Waals surface area contributed by atoms with E-state index in [2.05, 4.69) is 26.9 Å². The largest absolute Gasteiger partial charge is 0.462 e. The Kier molecular flexibility index (Phi) is 4.76. The lowest BCUT2D eigenvalue weighted by molar-refractivity contribution is 0.119. The van der Waals surface area contributed by atoms with Crippen LogP contribution in [0.5, 0.6) is 6.01 Å². The summed E-state index contributed by atoms with van der Waals surface area (Å²) < 4.78 is 5.67. The van der Waals surface area contributed by atoms with E-state index in [-0.39, 0.29) is 5.28 Å². The van der Waals surface area contributed by atoms with Crippen molar-refractivity contribution in [2.45, 2.75) is 25.3 Å². The molecule has 6 nitrogen and oxygen atoms in total. The number of likely N-dealkylation sites (N-methyl/N-ethyl adjacent to an activating group) is 1. The van der Waals surface area contributed by atoms with E-state index in [0.717, 1.165) is 13.0 Å². The summed E-state index contributed by atoms with van der Waals surface area (Å²) in [5.41, 5.74) is 0. The molecule has 0 radical (unpaired) electrons. The summed E-state index contributed by atoms with van der Waals surface area (Å²) in [6.45, 7) is 1.71. The molecule has 1 aromatic rings. The Morgan fingerprint density at radius 3 is 2.79 bits per heavy atom. The minimum absolute atomic E-state index is 0.158. The summed E-state index contributed by atoms with van der Waals surface area (Å²) in [6.07, 6.45) is 3.66. The Morgan fingerprint density at radius 1 is 1.32 bits per heavy atom. The van der Waals surface area contributed by atoms with Crippen LogP contribution >= 0.6 is 11.6 Å². The quantitative estimate of drug-likeness (QED) is 0.835. The van der Waals surface area contributed by atoms with E-state index in [0.29, 0.717) is 24.6 Å². The van der Waals surface area contributed by atoms with Crippen LogP contribution in [-0.4, -0.2) is 60.2 Å². The first-order chi connectivity index (χ1) is 9.06. The van der Waals surface area contributed by atoms with E-state index in [4.69, 9.17) is 16.3 Å². The highest BCUT2D eigenvalue weighted by Gasteiger charge is 2.20. The zero-order valence-corrected chi connectivity index (χ0v) is 12.4. The standard InChI is InChI=1S/C12H20ClN5O/c1-17(2)11-14-10(13)15-12(16-11)19-8-9-6-4-5-7-18(9)3/h9H,4-8H2,1-3H3. The Labute approximate surface area is 118 Å². The number of aromatic nitrogens is 3. The molecule has 19 heavy (non-hydrogen) atoms. The predicted octanol–water partition coefficient (Wildman–Crippen LogP) is 1.45. The van der Waals surface area contributed by atoms with Gasteiger partial charge in [0.05, 0.1) is 0 Å². The number of anilines is 1. The second-order valence-corrected chi connectivity index (χ2v) is 5.36. The zero-order valence-electron chi connectivity index (χ0n) is 11.6. The summed E-state index contributed by atoms with van der Waals surface area (Å²) in [7, 11) is 5.83. The molecule has 0 N–H and O–H groups in total. The SMILES string of the molecule is CN(C)c1nc(Cl)nc(OCC2CCCCN2C)n1. The highest BCUT2D eigenvalue weighted by molar-refractivity contribution is 6.28. The maximum atomic E-state index is 5.86. The maximum Gasteiger partial charge on any atom is 0.322 e. The van der Waals surface area contributed by atoms with Crippen LogP contribution in [0.15, 0.2) is 0 Å². The third kappa shape index (κ3) is 3.91. The average molecular weight is 286 g/mol. The monoisotopic (exact) mass is 285 g/mol. The van der Waals surface area contributed by atoms with Crippen molar-refractivity contribution >= 4 is 17.5 Å². The maximum absolute atomic E-state index is 5.86. The molecular formula is C12H20ClN5O. The van der Waals surface area contributed by atoms with Crippen LogP contribution in [0.4, 0.5) is 5.95 Å². The Hall–Kier alpha value is -1.14. The van der Waals surface area contributed by atoms with Crippen LogP contribution in [0, 0.1) is 0 Å². The van der Waals surface area contributed by atoms with E-state index in [1.54, 1.807) is 4.90 Å². The molecule has 2 heterocycles. The van der Waals surface area contributed by atoms with Gasteiger partial charge in [-0.3, -0.25) is 0 Å². The van der Waals surface area contributed by atoms with Crippen molar-refractivity contribution < 1.29 is 4.74 Å². The van der Waals surface area contributed by atoms with Crippen molar-refractivity contribution in [2.75, 3.05) is 39.2 Å². The molecule has 1 aromatic heterocycles. The van der Waals surface area contributed by atoms with Gasteiger partial charge < -0.3 is 14.5 Å². The number of halogens is 1. The van der Waals surface area contributed by atoms with Gasteiger partial charge in [-0.25, -0.2) is 0 Å². The van der Waals surface area contributed by atoms with Gasteiger partial charge in [0.15, 0.2) is 0 Å². The lowest BCUT2D eigenvalue weighted by atomic mass is 10.0. The van der Waals surface area contributed by atoms with Gasteiger partial charge in [0.1, 0.15) is 6.61 Å². The smallest absolute Gasteiger partial charge is 0.322 e. The summed E-state index contributed by atoms with van der Waals surface area (Å²) in [5.74, 6) is 0.506. The van der Waals surface area contributed by atoms with Gasteiger partial charge in [0, 0.05) is 20.1 Å². The van der Waals surface area contributed by atoms with Gasteiger partial charge in [0.25, 0.3) is 0 Å². The molecule has 106 valence electrons. The summed E-state index contributed by atoms with van der Waals surface area (Å²) in [5, 5.41) is 0.158. The first-order valence-corrected chi connectivity index (χ1v) is 6.86. The molecule has 0 aromatic carbocycles. The first-order valence-electron chi connectivity index (χ1n) is 6.48. The molecule has 1 fully saturated rings. The second kappa shape index (κ2) is 6.34. The van der Waals surface area contributed by atoms with Crippen molar-refractivity contribution in [3.8, 4) is 6.01 Å². The third-order valence-electron chi connectivity index (χ3n) is 3.30. The van der Waals surface area contributed by atoms with Crippen LogP contribution in [0.3, 0.4) is 0 Å². The van der Waals surface area contributed by atoms with E-state index < -0.39 is 0 Å². The fourth-order valence-corrected chi connectivity index (χ4v) is 2.26. The molecule has 1 saturated heterocycles. The minimum atomic E-state index is 0.158. The summed E-state index contributed by atoms with van der Waals surface area (Å²) >= 11 is 5.86. The van der Waals surface area contributed by atoms with Crippen LogP contribution in [0.1, 0.15) is 19.3 Å². The molecule has 0 aliphatic carbocycles. The fraction of sp³-hybridized carbons (Fsp3) is 0.750. The first kappa shape index (κ1) is 14.3. The number of rotatable bonds is 4. The molecule has 0 saturated carbocycles. The summed E-state index contributed by atoms with van der Waals surface area (Å²) in [4.78, 5) is 16.3. The van der Waals surface area contributed by atoms with Gasteiger partial charge in [-0.15, -0.1) is 0 Å². The number of nitrogens with zero attached hydrogens (tertiary/aromatic N) is 5. The minimum Gasteiger partial charge on any atom is -0.462 e. The highest BCUT2D eigenvalue weighted by atomic mass is 35.5. The van der Waals surface area contributed by atoms with Gasteiger partial charge in [-0.1, -0.05) is 6.42 Å². The number of likely N-dealkylation sites (tertiary alicyclic amines) is 1. The van der Waals surface area contributed by atoms with Crippen molar-refractivity contribution in [3.63, 3.8) is 0 Å². The van der Waals surface area contributed by atoms with E-state index in [1.807, 2.05) is 14.1 Å². The Balaban J connectivity index is 1.98. The molecule has 0 amide bonds. The molecule has 2 rings (SSSR count). The molecular weight excluding hydrogens is 266 g/mol. The normalized spacial score (nSPS) is 20.3. The molecule has 1 atom stereocenters. The van der Waals surface area contributed by atoms with Crippen molar-refractivity contribution in [1.82, 2.24) is 19.9 Å². The molecule has 1 unspecified atom stereocenters. The number of piperidine rings is 1. The van der Waals surface area contributed by atoms with E-state index >= 15 is 0 Å². The molecule has 7 heteroatoms. The molecule has 1 aliphatic heterocycles. The van der Waals surface area contributed by atoms with E-state index in [1.165, 1.54) is 12.8 Å². The highest BCUT2D eigenvalue weighted by Crippen LogP contribution is 2.17. The zero-order chi connectivity index (χ0) is 13.8. The van der Waals surface area contributed by atoms with Crippen LogP contribution in [-0.2, 0) is 0 Å². The van der Waals surface area contributed by atoms with Gasteiger partial charge in [0.2, 0.25) is 11.2 Å². The van der Waals surface area contributed by atoms with Gasteiger partial charge in [-0.2, -0.15) is 15.0 Å². The molecule has 0 spiro atoms. The summed E-state index contributed by atoms with van der Waals surface area (Å²) in [6, 6.07) is 0.717. The average Bonchev–Trinajstić information content (AvgIpc) is 2.37. The lowest BCUT2D eigenvalue weighted by Gasteiger charge is -2.31. The second-order valence-electron chi connectivity index (χ2n) is 5.02.